The lowest BCUT2D eigenvalue weighted by atomic mass is 9.79. The normalized spacial score (nSPS) is 15.6. The van der Waals surface area contributed by atoms with E-state index in [1.54, 1.807) is 6.33 Å². The number of benzene rings is 1. The minimum atomic E-state index is -0.0674. The average Bonchev–Trinajstić information content (AvgIpc) is 3.57. The van der Waals surface area contributed by atoms with E-state index in [9.17, 15) is 0 Å². The first-order valence-corrected chi connectivity index (χ1v) is 10.3. The van der Waals surface area contributed by atoms with Gasteiger partial charge in [-0.1, -0.05) is 32.0 Å². The average molecular weight is 389 g/mol. The second-order valence-electron chi connectivity index (χ2n) is 8.06. The van der Waals surface area contributed by atoms with Gasteiger partial charge in [-0.25, -0.2) is 9.97 Å². The summed E-state index contributed by atoms with van der Waals surface area (Å²) >= 11 is 0. The van der Waals surface area contributed by atoms with Crippen molar-refractivity contribution >= 4 is 5.82 Å². The van der Waals surface area contributed by atoms with E-state index in [-0.39, 0.29) is 5.41 Å². The first-order chi connectivity index (χ1) is 14.1. The molecule has 1 aromatic carbocycles. The predicted octanol–water partition coefficient (Wildman–Crippen LogP) is 5.17. The molecule has 0 saturated heterocycles. The van der Waals surface area contributed by atoms with E-state index in [1.165, 1.54) is 5.56 Å². The van der Waals surface area contributed by atoms with Gasteiger partial charge < -0.3 is 10.1 Å². The van der Waals surface area contributed by atoms with Gasteiger partial charge in [0, 0.05) is 41.0 Å². The summed E-state index contributed by atoms with van der Waals surface area (Å²) in [5.74, 6) is 1.83. The number of hydrogen-bond donors (Lipinski definition) is 1. The third kappa shape index (κ3) is 4.56. The molecule has 1 N–H and O–H groups in total. The van der Waals surface area contributed by atoms with E-state index < -0.39 is 0 Å². The maximum atomic E-state index is 6.18. The van der Waals surface area contributed by atoms with Gasteiger partial charge in [0.15, 0.2) is 0 Å². The van der Waals surface area contributed by atoms with Gasteiger partial charge in [0.25, 0.3) is 0 Å². The molecular formula is C24H28N4O. The van der Waals surface area contributed by atoms with Crippen LogP contribution in [0.2, 0.25) is 0 Å². The first-order valence-electron chi connectivity index (χ1n) is 10.3. The molecule has 1 aliphatic carbocycles. The summed E-state index contributed by atoms with van der Waals surface area (Å²) in [6.07, 6.45) is 7.15. The molecule has 0 aliphatic heterocycles. The summed E-state index contributed by atoms with van der Waals surface area (Å²) in [6.45, 7) is 7.24. The Kier molecular flexibility index (Phi) is 5.47. The topological polar surface area (TPSA) is 59.9 Å². The van der Waals surface area contributed by atoms with Gasteiger partial charge in [0.05, 0.1) is 11.8 Å². The van der Waals surface area contributed by atoms with Gasteiger partial charge >= 0.3 is 0 Å². The molecule has 5 heteroatoms. The Morgan fingerprint density at radius 2 is 1.93 bits per heavy atom. The van der Waals surface area contributed by atoms with Gasteiger partial charge in [-0.3, -0.25) is 4.98 Å². The Bertz CT molecular complexity index is 969. The lowest BCUT2D eigenvalue weighted by Gasteiger charge is -2.31. The third-order valence-electron chi connectivity index (χ3n) is 5.67. The van der Waals surface area contributed by atoms with Crippen molar-refractivity contribution in [3.8, 4) is 17.0 Å². The number of anilines is 1. The Hall–Kier alpha value is -2.95. The van der Waals surface area contributed by atoms with Crippen molar-refractivity contribution < 1.29 is 4.74 Å². The SMILES string of the molecule is CCC(C)(CNc1cc(-c2ccc(C)nc2)ncn1)c1ccccc1OC1CC1. The van der Waals surface area contributed by atoms with Crippen LogP contribution in [0.3, 0.4) is 0 Å². The quantitative estimate of drug-likeness (QED) is 0.577. The number of aryl methyl sites for hydroxylation is 1. The molecule has 150 valence electrons. The van der Waals surface area contributed by atoms with Crippen LogP contribution in [0.1, 0.15) is 44.4 Å². The second-order valence-corrected chi connectivity index (χ2v) is 8.06. The van der Waals surface area contributed by atoms with Crippen molar-refractivity contribution in [2.75, 3.05) is 11.9 Å². The zero-order valence-corrected chi connectivity index (χ0v) is 17.4. The van der Waals surface area contributed by atoms with Gasteiger partial charge in [-0.15, -0.1) is 0 Å². The number of nitrogens with zero attached hydrogens (tertiary/aromatic N) is 3. The monoisotopic (exact) mass is 388 g/mol. The number of nitrogens with one attached hydrogen (secondary N) is 1. The summed E-state index contributed by atoms with van der Waals surface area (Å²) < 4.78 is 6.18. The second kappa shape index (κ2) is 8.19. The van der Waals surface area contributed by atoms with Crippen LogP contribution < -0.4 is 10.1 Å². The molecule has 1 atom stereocenters. The van der Waals surface area contributed by atoms with E-state index in [2.05, 4.69) is 58.4 Å². The number of rotatable bonds is 8. The lowest BCUT2D eigenvalue weighted by Crippen LogP contribution is -2.31. The van der Waals surface area contributed by atoms with Crippen molar-refractivity contribution in [3.05, 3.63) is 66.2 Å². The molecule has 1 unspecified atom stereocenters. The Morgan fingerprint density at radius 1 is 1.10 bits per heavy atom. The highest BCUT2D eigenvalue weighted by molar-refractivity contribution is 5.61. The molecule has 2 aromatic heterocycles. The van der Waals surface area contributed by atoms with Crippen molar-refractivity contribution in [1.82, 2.24) is 15.0 Å². The zero-order chi connectivity index (χ0) is 20.3. The van der Waals surface area contributed by atoms with Crippen molar-refractivity contribution in [3.63, 3.8) is 0 Å². The van der Waals surface area contributed by atoms with Gasteiger partial charge in [-0.2, -0.15) is 0 Å². The maximum absolute atomic E-state index is 6.18. The summed E-state index contributed by atoms with van der Waals surface area (Å²) in [6, 6.07) is 14.4. The smallest absolute Gasteiger partial charge is 0.129 e. The highest BCUT2D eigenvalue weighted by Crippen LogP contribution is 2.37. The van der Waals surface area contributed by atoms with Crippen molar-refractivity contribution in [1.29, 1.82) is 0 Å². The molecule has 0 spiro atoms. The van der Waals surface area contributed by atoms with E-state index >= 15 is 0 Å². The molecule has 1 aliphatic rings. The number of para-hydroxylation sites is 1. The predicted molar refractivity (Wildman–Crippen MR) is 116 cm³/mol. The summed E-state index contributed by atoms with van der Waals surface area (Å²) in [7, 11) is 0. The fourth-order valence-electron chi connectivity index (χ4n) is 3.36. The van der Waals surface area contributed by atoms with Crippen LogP contribution in [0.4, 0.5) is 5.82 Å². The third-order valence-corrected chi connectivity index (χ3v) is 5.67. The van der Waals surface area contributed by atoms with Crippen LogP contribution >= 0.6 is 0 Å². The van der Waals surface area contributed by atoms with Gasteiger partial charge in [0.2, 0.25) is 0 Å². The highest BCUT2D eigenvalue weighted by Gasteiger charge is 2.31. The van der Waals surface area contributed by atoms with Crippen LogP contribution in [0.25, 0.3) is 11.3 Å². The van der Waals surface area contributed by atoms with Crippen LogP contribution in [0, 0.1) is 6.92 Å². The molecule has 5 nitrogen and oxygen atoms in total. The van der Waals surface area contributed by atoms with E-state index in [1.807, 2.05) is 31.3 Å². The number of hydrogen-bond acceptors (Lipinski definition) is 5. The molecule has 1 fully saturated rings. The molecule has 0 amide bonds. The van der Waals surface area contributed by atoms with E-state index in [4.69, 9.17) is 4.74 Å². The molecule has 29 heavy (non-hydrogen) atoms. The Morgan fingerprint density at radius 3 is 2.66 bits per heavy atom. The molecule has 0 radical (unpaired) electrons. The molecule has 2 heterocycles. The standard InChI is InChI=1S/C24H28N4O/c1-4-24(3,20-7-5-6-8-22(20)29-19-11-12-19)15-26-23-13-21(27-16-28-23)18-10-9-17(2)25-14-18/h5-10,13-14,16,19H,4,11-12,15H2,1-3H3,(H,26,27,28). The number of pyridine rings is 1. The molecule has 3 aromatic rings. The maximum Gasteiger partial charge on any atom is 0.129 e. The van der Waals surface area contributed by atoms with Crippen LogP contribution in [-0.2, 0) is 5.41 Å². The minimum absolute atomic E-state index is 0.0674. The largest absolute Gasteiger partial charge is 0.490 e. The Labute approximate surface area is 172 Å². The summed E-state index contributed by atoms with van der Waals surface area (Å²) in [4.78, 5) is 13.2. The number of ether oxygens (including phenoxy) is 1. The fraction of sp³-hybridized carbons (Fsp3) is 0.375. The van der Waals surface area contributed by atoms with Crippen molar-refractivity contribution in [2.45, 2.75) is 51.6 Å². The summed E-state index contributed by atoms with van der Waals surface area (Å²) in [5.41, 5.74) is 4.03. The molecular weight excluding hydrogens is 360 g/mol. The molecule has 4 rings (SSSR count). The lowest BCUT2D eigenvalue weighted by molar-refractivity contribution is 0.291. The van der Waals surface area contributed by atoms with E-state index in [0.717, 1.165) is 54.3 Å². The van der Waals surface area contributed by atoms with Crippen LogP contribution in [-0.4, -0.2) is 27.6 Å². The van der Waals surface area contributed by atoms with Gasteiger partial charge in [0.1, 0.15) is 17.9 Å². The summed E-state index contributed by atoms with van der Waals surface area (Å²) in [5, 5.41) is 3.53. The molecule has 1 saturated carbocycles. The number of aromatic nitrogens is 3. The van der Waals surface area contributed by atoms with Gasteiger partial charge in [-0.05, 0) is 44.4 Å². The fourth-order valence-corrected chi connectivity index (χ4v) is 3.36. The molecule has 0 bridgehead atoms. The van der Waals surface area contributed by atoms with Crippen molar-refractivity contribution in [2.24, 2.45) is 0 Å². The van der Waals surface area contributed by atoms with E-state index in [0.29, 0.717) is 6.10 Å². The highest BCUT2D eigenvalue weighted by atomic mass is 16.5. The van der Waals surface area contributed by atoms with Crippen LogP contribution in [0.15, 0.2) is 55.0 Å². The zero-order valence-electron chi connectivity index (χ0n) is 17.4. The van der Waals surface area contributed by atoms with Crippen LogP contribution in [0.5, 0.6) is 5.75 Å². The minimum Gasteiger partial charge on any atom is -0.490 e. The Balaban J connectivity index is 1.52. The first kappa shape index (κ1) is 19.4.